The third-order valence-electron chi connectivity index (χ3n) is 3.85. The van der Waals surface area contributed by atoms with Crippen molar-refractivity contribution in [2.24, 2.45) is 0 Å². The molecular weight excluding hydrogens is 292 g/mol. The van der Waals surface area contributed by atoms with Gasteiger partial charge in [0.05, 0.1) is 6.10 Å². The van der Waals surface area contributed by atoms with E-state index in [0.29, 0.717) is 6.61 Å². The van der Waals surface area contributed by atoms with E-state index >= 15 is 0 Å². The van der Waals surface area contributed by atoms with Gasteiger partial charge in [-0.15, -0.1) is 0 Å². The summed E-state index contributed by atoms with van der Waals surface area (Å²) in [7, 11) is 0. The summed E-state index contributed by atoms with van der Waals surface area (Å²) < 4.78 is 4.99. The summed E-state index contributed by atoms with van der Waals surface area (Å²) in [4.78, 5) is 10.2. The van der Waals surface area contributed by atoms with Crippen LogP contribution in [0.4, 0.5) is 0 Å². The second kappa shape index (κ2) is 17.5. The van der Waals surface area contributed by atoms with E-state index in [-0.39, 0.29) is 12.7 Å². The van der Waals surface area contributed by atoms with Gasteiger partial charge in [-0.2, -0.15) is 0 Å². The molecule has 0 aromatic rings. The van der Waals surface area contributed by atoms with Gasteiger partial charge in [0, 0.05) is 6.61 Å². The minimum Gasteiger partial charge on any atom is -0.480 e. The summed E-state index contributed by atoms with van der Waals surface area (Å²) >= 11 is 0. The first-order valence-corrected chi connectivity index (χ1v) is 9.31. The Morgan fingerprint density at radius 3 is 2.22 bits per heavy atom. The van der Waals surface area contributed by atoms with Gasteiger partial charge in [0.25, 0.3) is 0 Å². The summed E-state index contributed by atoms with van der Waals surface area (Å²) in [5.74, 6) is -0.893. The molecule has 0 bridgehead atoms. The first kappa shape index (κ1) is 22.1. The smallest absolute Gasteiger partial charge is 0.329 e. The number of rotatable bonds is 17. The molecule has 0 heterocycles. The molecule has 0 aromatic carbocycles. The summed E-state index contributed by atoms with van der Waals surface area (Å²) in [6.45, 7) is 2.52. The Labute approximate surface area is 141 Å². The van der Waals surface area contributed by atoms with Gasteiger partial charge in [0.1, 0.15) is 6.61 Å². The predicted octanol–water partition coefficient (Wildman–Crippen LogP) is 4.71. The molecule has 0 aromatic heterocycles. The van der Waals surface area contributed by atoms with Crippen LogP contribution in [0, 0.1) is 0 Å². The molecule has 4 nitrogen and oxygen atoms in total. The Balaban J connectivity index is 3.16. The molecule has 0 saturated heterocycles. The third kappa shape index (κ3) is 19.1. The molecule has 0 aliphatic heterocycles. The van der Waals surface area contributed by atoms with Crippen molar-refractivity contribution in [2.75, 3.05) is 13.2 Å². The van der Waals surface area contributed by atoms with E-state index < -0.39 is 5.97 Å². The van der Waals surface area contributed by atoms with Gasteiger partial charge in [-0.1, -0.05) is 70.4 Å². The molecule has 1 unspecified atom stereocenters. The maximum atomic E-state index is 10.2. The largest absolute Gasteiger partial charge is 0.480 e. The van der Waals surface area contributed by atoms with Crippen LogP contribution < -0.4 is 0 Å². The molecule has 0 radical (unpaired) electrons. The highest BCUT2D eigenvalue weighted by Crippen LogP contribution is 2.10. The molecular formula is C19H36O4. The maximum Gasteiger partial charge on any atom is 0.329 e. The van der Waals surface area contributed by atoms with E-state index in [1.807, 2.05) is 6.08 Å². The van der Waals surface area contributed by atoms with Crippen LogP contribution in [0.5, 0.6) is 0 Å². The Morgan fingerprint density at radius 1 is 1.00 bits per heavy atom. The number of aliphatic carboxylic acids is 1. The van der Waals surface area contributed by atoms with Crippen molar-refractivity contribution in [1.82, 2.24) is 0 Å². The van der Waals surface area contributed by atoms with Gasteiger partial charge < -0.3 is 14.9 Å². The minimum atomic E-state index is -0.893. The van der Waals surface area contributed by atoms with Crippen LogP contribution >= 0.6 is 0 Å². The first-order valence-electron chi connectivity index (χ1n) is 9.31. The number of ether oxygens (including phenoxy) is 1. The van der Waals surface area contributed by atoms with Crippen LogP contribution in [0.1, 0.15) is 84.0 Å². The molecule has 1 atom stereocenters. The van der Waals surface area contributed by atoms with E-state index in [0.717, 1.165) is 38.5 Å². The van der Waals surface area contributed by atoms with E-state index in [1.165, 1.54) is 38.5 Å². The quantitative estimate of drug-likeness (QED) is 0.300. The van der Waals surface area contributed by atoms with Crippen LogP contribution in [-0.2, 0) is 9.53 Å². The van der Waals surface area contributed by atoms with Crippen molar-refractivity contribution >= 4 is 5.97 Å². The number of aliphatic hydroxyl groups is 1. The summed E-state index contributed by atoms with van der Waals surface area (Å²) in [6.07, 6.45) is 17.6. The number of hydrogen-bond acceptors (Lipinski definition) is 3. The highest BCUT2D eigenvalue weighted by atomic mass is 16.5. The maximum absolute atomic E-state index is 10.2. The van der Waals surface area contributed by atoms with E-state index in [1.54, 1.807) is 0 Å². The van der Waals surface area contributed by atoms with Gasteiger partial charge in [-0.3, -0.25) is 0 Å². The molecule has 0 aliphatic rings. The van der Waals surface area contributed by atoms with Crippen molar-refractivity contribution < 1.29 is 19.7 Å². The van der Waals surface area contributed by atoms with Crippen molar-refractivity contribution in [3.63, 3.8) is 0 Å². The second-order valence-corrected chi connectivity index (χ2v) is 6.20. The molecule has 0 rings (SSSR count). The van der Waals surface area contributed by atoms with Crippen LogP contribution in [0.15, 0.2) is 12.2 Å². The molecule has 0 fully saturated rings. The zero-order valence-corrected chi connectivity index (χ0v) is 14.8. The van der Waals surface area contributed by atoms with Crippen molar-refractivity contribution in [3.8, 4) is 0 Å². The summed E-state index contributed by atoms with van der Waals surface area (Å²) in [5.41, 5.74) is 0. The molecule has 0 amide bonds. The molecule has 0 spiro atoms. The topological polar surface area (TPSA) is 66.8 Å². The SMILES string of the molecule is CCCCC(O)C=CCCCCCCCCCCOCC(=O)O. The lowest BCUT2D eigenvalue weighted by atomic mass is 10.1. The van der Waals surface area contributed by atoms with E-state index in [4.69, 9.17) is 9.84 Å². The van der Waals surface area contributed by atoms with Crippen molar-refractivity contribution in [2.45, 2.75) is 90.1 Å². The van der Waals surface area contributed by atoms with Gasteiger partial charge >= 0.3 is 5.97 Å². The summed E-state index contributed by atoms with van der Waals surface area (Å²) in [6, 6.07) is 0. The van der Waals surface area contributed by atoms with E-state index in [9.17, 15) is 9.90 Å². The number of allylic oxidation sites excluding steroid dienone is 1. The number of carboxylic acids is 1. The highest BCUT2D eigenvalue weighted by Gasteiger charge is 1.97. The van der Waals surface area contributed by atoms with Crippen LogP contribution in [0.2, 0.25) is 0 Å². The number of unbranched alkanes of at least 4 members (excludes halogenated alkanes) is 9. The fraction of sp³-hybridized carbons (Fsp3) is 0.842. The van der Waals surface area contributed by atoms with Gasteiger partial charge in [0.15, 0.2) is 0 Å². The molecule has 23 heavy (non-hydrogen) atoms. The lowest BCUT2D eigenvalue weighted by Crippen LogP contribution is -2.07. The molecule has 0 saturated carbocycles. The number of carboxylic acid groups (broad SMARTS) is 1. The second-order valence-electron chi connectivity index (χ2n) is 6.20. The van der Waals surface area contributed by atoms with Crippen LogP contribution in [0.25, 0.3) is 0 Å². The van der Waals surface area contributed by atoms with Gasteiger partial charge in [-0.05, 0) is 25.7 Å². The normalized spacial score (nSPS) is 12.8. The fourth-order valence-electron chi connectivity index (χ4n) is 2.45. The standard InChI is InChI=1S/C19H36O4/c1-2-3-14-18(20)15-12-10-8-6-4-5-7-9-11-13-16-23-17-19(21)22/h12,15,18,20H,2-11,13-14,16-17H2,1H3,(H,21,22). The third-order valence-corrected chi connectivity index (χ3v) is 3.85. The average molecular weight is 328 g/mol. The zero-order chi connectivity index (χ0) is 17.2. The molecule has 0 aliphatic carbocycles. The van der Waals surface area contributed by atoms with Crippen LogP contribution in [0.3, 0.4) is 0 Å². The predicted molar refractivity (Wildman–Crippen MR) is 94.7 cm³/mol. The molecule has 2 N–H and O–H groups in total. The Hall–Kier alpha value is -0.870. The lowest BCUT2D eigenvalue weighted by molar-refractivity contribution is -0.142. The van der Waals surface area contributed by atoms with Gasteiger partial charge in [0.2, 0.25) is 0 Å². The first-order chi connectivity index (χ1) is 11.2. The molecule has 4 heteroatoms. The molecule has 136 valence electrons. The van der Waals surface area contributed by atoms with Crippen molar-refractivity contribution in [1.29, 1.82) is 0 Å². The van der Waals surface area contributed by atoms with Crippen LogP contribution in [-0.4, -0.2) is 35.5 Å². The minimum absolute atomic E-state index is 0.177. The van der Waals surface area contributed by atoms with Gasteiger partial charge in [-0.25, -0.2) is 4.79 Å². The fourth-order valence-corrected chi connectivity index (χ4v) is 2.45. The van der Waals surface area contributed by atoms with E-state index in [2.05, 4.69) is 13.0 Å². The monoisotopic (exact) mass is 328 g/mol. The number of carbonyl (C=O) groups is 1. The number of hydrogen-bond donors (Lipinski definition) is 2. The Kier molecular flexibility index (Phi) is 16.8. The Morgan fingerprint density at radius 2 is 1.61 bits per heavy atom. The zero-order valence-electron chi connectivity index (χ0n) is 14.8. The lowest BCUT2D eigenvalue weighted by Gasteiger charge is -2.04. The Bertz CT molecular complexity index is 289. The highest BCUT2D eigenvalue weighted by molar-refractivity contribution is 5.67. The number of aliphatic hydroxyl groups excluding tert-OH is 1. The van der Waals surface area contributed by atoms with Crippen molar-refractivity contribution in [3.05, 3.63) is 12.2 Å². The average Bonchev–Trinajstić information content (AvgIpc) is 2.52. The summed E-state index contributed by atoms with van der Waals surface area (Å²) in [5, 5.41) is 18.1.